The lowest BCUT2D eigenvalue weighted by molar-refractivity contribution is -0.155. The summed E-state index contributed by atoms with van der Waals surface area (Å²) in [4.78, 5) is 3.80. The van der Waals surface area contributed by atoms with Gasteiger partial charge in [-0.25, -0.2) is 4.99 Å². The molecule has 104 valence electrons. The molecule has 0 bridgehead atoms. The lowest BCUT2D eigenvalue weighted by Gasteiger charge is -2.17. The van der Waals surface area contributed by atoms with Crippen molar-refractivity contribution in [2.24, 2.45) is 4.99 Å². The number of nitrogens with zero attached hydrogens (tertiary/aromatic N) is 1. The second-order valence-electron chi connectivity index (χ2n) is 4.63. The van der Waals surface area contributed by atoms with E-state index in [1.165, 1.54) is 5.19 Å². The van der Waals surface area contributed by atoms with Gasteiger partial charge < -0.3 is 4.74 Å². The molecule has 2 nitrogen and oxygen atoms in total. The predicted molar refractivity (Wildman–Crippen MR) is 73.9 cm³/mol. The van der Waals surface area contributed by atoms with Crippen LogP contribution in [0.25, 0.3) is 0 Å². The number of hydrogen-bond donors (Lipinski definition) is 0. The Morgan fingerprint density at radius 3 is 2.32 bits per heavy atom. The smallest absolute Gasteiger partial charge is 0.422 e. The molecule has 0 saturated heterocycles. The standard InChI is InChI=1S/C13H16F3NOSi/c1-4-19(2,3)12-7-5-11(6-8-12)17-10-18-9-13(14,15)16/h4-8,10H,1,9H2,2-3H3. The zero-order valence-electron chi connectivity index (χ0n) is 10.9. The van der Waals surface area contributed by atoms with E-state index in [-0.39, 0.29) is 0 Å². The van der Waals surface area contributed by atoms with Crippen LogP contribution in [0.5, 0.6) is 0 Å². The molecule has 0 fully saturated rings. The zero-order valence-corrected chi connectivity index (χ0v) is 11.9. The fourth-order valence-electron chi connectivity index (χ4n) is 1.32. The fraction of sp³-hybridized carbons (Fsp3) is 0.308. The van der Waals surface area contributed by atoms with E-state index in [0.29, 0.717) is 5.69 Å². The minimum Gasteiger partial charge on any atom is -0.474 e. The van der Waals surface area contributed by atoms with E-state index in [4.69, 9.17) is 0 Å². The highest BCUT2D eigenvalue weighted by atomic mass is 28.3. The molecule has 0 radical (unpaired) electrons. The third-order valence-corrected chi connectivity index (χ3v) is 5.49. The van der Waals surface area contributed by atoms with Gasteiger partial charge in [0.1, 0.15) is 8.07 Å². The van der Waals surface area contributed by atoms with Gasteiger partial charge in [-0.1, -0.05) is 36.1 Å². The first-order valence-corrected chi connectivity index (χ1v) is 8.77. The Balaban J connectivity index is 2.63. The molecule has 0 saturated carbocycles. The summed E-state index contributed by atoms with van der Waals surface area (Å²) in [6.07, 6.45) is -3.52. The average molecular weight is 287 g/mol. The van der Waals surface area contributed by atoms with Crippen LogP contribution >= 0.6 is 0 Å². The number of benzene rings is 1. The second kappa shape index (κ2) is 6.05. The van der Waals surface area contributed by atoms with E-state index < -0.39 is 20.9 Å². The first-order valence-electron chi connectivity index (χ1n) is 5.69. The maximum Gasteiger partial charge on any atom is 0.422 e. The summed E-state index contributed by atoms with van der Waals surface area (Å²) in [5, 5.41) is 1.19. The van der Waals surface area contributed by atoms with Gasteiger partial charge in [0.25, 0.3) is 0 Å². The number of rotatable bonds is 5. The third kappa shape index (κ3) is 5.29. The highest BCUT2D eigenvalue weighted by Gasteiger charge is 2.27. The molecule has 0 aliphatic rings. The van der Waals surface area contributed by atoms with Gasteiger partial charge in [0.2, 0.25) is 0 Å². The van der Waals surface area contributed by atoms with Gasteiger partial charge in [-0.3, -0.25) is 0 Å². The molecule has 6 heteroatoms. The zero-order chi connectivity index (χ0) is 14.5. The number of ether oxygens (including phenoxy) is 1. The first kappa shape index (κ1) is 15.5. The van der Waals surface area contributed by atoms with Gasteiger partial charge in [0.05, 0.1) is 5.69 Å². The summed E-state index contributed by atoms with van der Waals surface area (Å²) in [6.45, 7) is 6.81. The highest BCUT2D eigenvalue weighted by Crippen LogP contribution is 2.15. The molecule has 1 aromatic carbocycles. The summed E-state index contributed by atoms with van der Waals surface area (Å²) in [5.74, 6) is 0. The minimum absolute atomic E-state index is 0.555. The maximum atomic E-state index is 11.8. The van der Waals surface area contributed by atoms with E-state index in [1.54, 1.807) is 12.1 Å². The van der Waals surface area contributed by atoms with E-state index in [2.05, 4.69) is 29.4 Å². The summed E-state index contributed by atoms with van der Waals surface area (Å²) >= 11 is 0. The molecule has 0 aliphatic carbocycles. The largest absolute Gasteiger partial charge is 0.474 e. The van der Waals surface area contributed by atoms with Crippen LogP contribution in [0.3, 0.4) is 0 Å². The van der Waals surface area contributed by atoms with Crippen molar-refractivity contribution in [1.82, 2.24) is 0 Å². The number of aliphatic imine (C=N–C) groups is 1. The topological polar surface area (TPSA) is 21.6 Å². The van der Waals surface area contributed by atoms with E-state index in [0.717, 1.165) is 6.40 Å². The maximum absolute atomic E-state index is 11.8. The molecule has 1 aromatic rings. The molecule has 0 atom stereocenters. The fourth-order valence-corrected chi connectivity index (χ4v) is 2.59. The van der Waals surface area contributed by atoms with Crippen molar-refractivity contribution in [3.05, 3.63) is 36.5 Å². The van der Waals surface area contributed by atoms with Gasteiger partial charge in [0, 0.05) is 0 Å². The Labute approximate surface area is 111 Å². The molecule has 0 amide bonds. The predicted octanol–water partition coefficient (Wildman–Crippen LogP) is 3.57. The molecule has 0 aromatic heterocycles. The van der Waals surface area contributed by atoms with Crippen molar-refractivity contribution >= 4 is 25.3 Å². The van der Waals surface area contributed by atoms with Crippen LogP contribution in [-0.2, 0) is 4.74 Å². The molecular weight excluding hydrogens is 271 g/mol. The lowest BCUT2D eigenvalue weighted by Crippen LogP contribution is -2.38. The number of halogens is 3. The number of hydrogen-bond acceptors (Lipinski definition) is 2. The van der Waals surface area contributed by atoms with Gasteiger partial charge in [-0.05, 0) is 12.1 Å². The SMILES string of the molecule is C=C[Si](C)(C)c1ccc(N=COCC(F)(F)F)cc1. The van der Waals surface area contributed by atoms with Crippen molar-refractivity contribution in [3.63, 3.8) is 0 Å². The molecule has 0 heterocycles. The summed E-state index contributed by atoms with van der Waals surface area (Å²) in [6, 6.07) is 7.34. The van der Waals surface area contributed by atoms with Crippen LogP contribution in [0.1, 0.15) is 0 Å². The normalized spacial score (nSPS) is 12.7. The van der Waals surface area contributed by atoms with E-state index in [9.17, 15) is 13.2 Å². The molecule has 0 aliphatic heterocycles. The Morgan fingerprint density at radius 1 is 1.26 bits per heavy atom. The summed E-state index contributed by atoms with van der Waals surface area (Å²) < 4.78 is 39.7. The van der Waals surface area contributed by atoms with Crippen LogP contribution in [0.15, 0.2) is 41.5 Å². The Morgan fingerprint density at radius 2 is 1.84 bits per heavy atom. The number of alkyl halides is 3. The van der Waals surface area contributed by atoms with Crippen molar-refractivity contribution in [2.75, 3.05) is 6.61 Å². The van der Waals surface area contributed by atoms with Crippen LogP contribution in [0, 0.1) is 0 Å². The Kier molecular flexibility index (Phi) is 4.94. The van der Waals surface area contributed by atoms with Crippen molar-refractivity contribution in [2.45, 2.75) is 19.3 Å². The van der Waals surface area contributed by atoms with Crippen LogP contribution in [0.4, 0.5) is 18.9 Å². The van der Waals surface area contributed by atoms with Crippen molar-refractivity contribution in [1.29, 1.82) is 0 Å². The molecule has 0 spiro atoms. The van der Waals surface area contributed by atoms with Crippen molar-refractivity contribution < 1.29 is 17.9 Å². The van der Waals surface area contributed by atoms with E-state index >= 15 is 0 Å². The summed E-state index contributed by atoms with van der Waals surface area (Å²) in [7, 11) is -1.61. The van der Waals surface area contributed by atoms with Gasteiger partial charge in [-0.2, -0.15) is 13.2 Å². The first-order chi connectivity index (χ1) is 8.74. The average Bonchev–Trinajstić information content (AvgIpc) is 2.34. The second-order valence-corrected chi connectivity index (χ2v) is 9.06. The molecule has 0 unspecified atom stereocenters. The van der Waals surface area contributed by atoms with Crippen LogP contribution in [0.2, 0.25) is 13.1 Å². The lowest BCUT2D eigenvalue weighted by atomic mass is 10.3. The molecule has 19 heavy (non-hydrogen) atoms. The van der Waals surface area contributed by atoms with Gasteiger partial charge in [-0.15, -0.1) is 6.58 Å². The molecular formula is C13H16F3NOSi. The quantitative estimate of drug-likeness (QED) is 0.461. The molecule has 0 N–H and O–H groups in total. The van der Waals surface area contributed by atoms with Gasteiger partial charge in [0.15, 0.2) is 13.0 Å². The highest BCUT2D eigenvalue weighted by molar-refractivity contribution is 6.93. The summed E-state index contributed by atoms with van der Waals surface area (Å²) in [5.41, 5.74) is 2.53. The molecule has 1 rings (SSSR count). The van der Waals surface area contributed by atoms with Crippen LogP contribution < -0.4 is 5.19 Å². The monoisotopic (exact) mass is 287 g/mol. The third-order valence-electron chi connectivity index (χ3n) is 2.64. The van der Waals surface area contributed by atoms with E-state index in [1.807, 2.05) is 17.8 Å². The van der Waals surface area contributed by atoms with Crippen LogP contribution in [-0.4, -0.2) is 27.3 Å². The Hall–Kier alpha value is -1.56. The van der Waals surface area contributed by atoms with Crippen molar-refractivity contribution in [3.8, 4) is 0 Å². The Bertz CT molecular complexity index is 452. The minimum atomic E-state index is -4.34. The van der Waals surface area contributed by atoms with Gasteiger partial charge >= 0.3 is 6.18 Å².